The molecule has 0 aromatic heterocycles. The summed E-state index contributed by atoms with van der Waals surface area (Å²) in [5.74, 6) is -1.26. The van der Waals surface area contributed by atoms with Crippen LogP contribution in [-0.2, 0) is 28.6 Å². The largest absolute Gasteiger partial charge is 0.459 e. The zero-order valence-corrected chi connectivity index (χ0v) is 21.0. The topological polar surface area (TPSA) is 85.4 Å². The fourth-order valence-corrected chi connectivity index (χ4v) is 6.08. The lowest BCUT2D eigenvalue weighted by Gasteiger charge is -2.36. The zero-order chi connectivity index (χ0) is 24.6. The summed E-state index contributed by atoms with van der Waals surface area (Å²) in [5, 5.41) is 0. The van der Waals surface area contributed by atoms with Gasteiger partial charge in [0.25, 0.3) is 0 Å². The molecule has 188 valence electrons. The van der Waals surface area contributed by atoms with Gasteiger partial charge in [-0.05, 0) is 47.7 Å². The standard InChI is InChI=1S/C26H38N2O6/c1-6-15(2)25(30)34-23-13-19-12-21(14-22(23)28(19)5)32-24(29)9-16(3)26(31)33-20-10-17-7-8-18(11-20)27(17)4/h6,9,17-23H,7-8,10-14H2,1-5H3/b15-6-,16-9+/t17-,18+,19-,20?,21-,22+,23-/m1/s1. The number of likely N-dealkylation sites (N-methyl/N-ethyl adjacent to an activating group) is 1. The lowest BCUT2D eigenvalue weighted by atomic mass is 10.00. The van der Waals surface area contributed by atoms with E-state index >= 15 is 0 Å². The summed E-state index contributed by atoms with van der Waals surface area (Å²) in [7, 11) is 4.17. The van der Waals surface area contributed by atoms with Crippen LogP contribution in [0, 0.1) is 0 Å². The van der Waals surface area contributed by atoms with Gasteiger partial charge in [0.05, 0.1) is 6.04 Å². The van der Waals surface area contributed by atoms with Gasteiger partial charge in [0.15, 0.2) is 0 Å². The molecule has 7 atom stereocenters. The highest BCUT2D eigenvalue weighted by Gasteiger charge is 2.48. The van der Waals surface area contributed by atoms with Crippen LogP contribution in [0.25, 0.3) is 0 Å². The second-order valence-electron chi connectivity index (χ2n) is 10.4. The van der Waals surface area contributed by atoms with Crippen LogP contribution in [0.15, 0.2) is 23.3 Å². The first-order valence-electron chi connectivity index (χ1n) is 12.5. The third kappa shape index (κ3) is 5.23. The summed E-state index contributed by atoms with van der Waals surface area (Å²) in [6.07, 6.45) is 8.47. The lowest BCUT2D eigenvalue weighted by Crippen LogP contribution is -2.46. The highest BCUT2D eigenvalue weighted by molar-refractivity contribution is 5.96. The number of ether oxygens (including phenoxy) is 3. The number of carbonyl (C=O) groups excluding carboxylic acids is 3. The average molecular weight is 475 g/mol. The van der Waals surface area contributed by atoms with Crippen LogP contribution in [0.1, 0.15) is 65.7 Å². The monoisotopic (exact) mass is 474 g/mol. The molecule has 4 rings (SSSR count). The molecule has 4 saturated heterocycles. The molecular weight excluding hydrogens is 436 g/mol. The van der Waals surface area contributed by atoms with Crippen molar-refractivity contribution in [2.75, 3.05) is 14.1 Å². The Morgan fingerprint density at radius 3 is 1.97 bits per heavy atom. The summed E-state index contributed by atoms with van der Waals surface area (Å²) in [6.45, 7) is 5.16. The van der Waals surface area contributed by atoms with Gasteiger partial charge in [0, 0.05) is 67.5 Å². The van der Waals surface area contributed by atoms with Gasteiger partial charge >= 0.3 is 17.9 Å². The Hall–Kier alpha value is -2.19. The van der Waals surface area contributed by atoms with Crippen molar-refractivity contribution in [2.45, 2.75) is 108 Å². The number of piperidine rings is 2. The molecule has 4 bridgehead atoms. The van der Waals surface area contributed by atoms with E-state index in [2.05, 4.69) is 16.8 Å². The molecule has 0 saturated carbocycles. The van der Waals surface area contributed by atoms with Crippen molar-refractivity contribution in [3.05, 3.63) is 23.3 Å². The number of allylic oxidation sites excluding steroid dienone is 1. The van der Waals surface area contributed by atoms with Crippen molar-refractivity contribution < 1.29 is 28.6 Å². The summed E-state index contributed by atoms with van der Waals surface area (Å²) in [6, 6.07) is 1.17. The van der Waals surface area contributed by atoms with E-state index in [0.29, 0.717) is 30.5 Å². The summed E-state index contributed by atoms with van der Waals surface area (Å²) < 4.78 is 17.1. The first-order valence-corrected chi connectivity index (χ1v) is 12.5. The Balaban J connectivity index is 1.28. The Kier molecular flexibility index (Phi) is 7.48. The van der Waals surface area contributed by atoms with Gasteiger partial charge in [-0.3, -0.25) is 4.90 Å². The van der Waals surface area contributed by atoms with Crippen LogP contribution in [-0.4, -0.2) is 84.3 Å². The third-order valence-electron chi connectivity index (χ3n) is 8.35. The minimum absolute atomic E-state index is 0.0139. The molecule has 8 heteroatoms. The SMILES string of the molecule is C/C=C(/C)C(=O)O[C@@H]1C[C@H]2C[C@@H](OC(=O)/C=C(\C)C(=O)OC3C[C@H]4CC[C@@H](C3)N4C)C[C@@H]1N2C. The van der Waals surface area contributed by atoms with Crippen molar-refractivity contribution in [1.29, 1.82) is 0 Å². The molecule has 0 aromatic rings. The second-order valence-corrected chi connectivity index (χ2v) is 10.4. The number of carbonyl (C=O) groups is 3. The Bertz CT molecular complexity index is 869. The van der Waals surface area contributed by atoms with E-state index in [0.717, 1.165) is 32.1 Å². The van der Waals surface area contributed by atoms with E-state index in [-0.39, 0.29) is 41.9 Å². The first-order chi connectivity index (χ1) is 16.2. The maximum Gasteiger partial charge on any atom is 0.334 e. The molecule has 0 amide bonds. The van der Waals surface area contributed by atoms with E-state index in [4.69, 9.17) is 14.2 Å². The molecule has 0 N–H and O–H groups in total. The third-order valence-corrected chi connectivity index (χ3v) is 8.35. The molecule has 4 fully saturated rings. The van der Waals surface area contributed by atoms with Crippen molar-refractivity contribution in [3.63, 3.8) is 0 Å². The van der Waals surface area contributed by atoms with Gasteiger partial charge in [0.1, 0.15) is 18.3 Å². The van der Waals surface area contributed by atoms with Crippen LogP contribution in [0.3, 0.4) is 0 Å². The van der Waals surface area contributed by atoms with Crippen molar-refractivity contribution >= 4 is 17.9 Å². The molecule has 1 unspecified atom stereocenters. The van der Waals surface area contributed by atoms with Gasteiger partial charge in [-0.15, -0.1) is 0 Å². The number of fused-ring (bicyclic) bond motifs is 4. The molecule has 34 heavy (non-hydrogen) atoms. The number of rotatable bonds is 6. The molecule has 4 aliphatic heterocycles. The summed E-state index contributed by atoms with van der Waals surface area (Å²) >= 11 is 0. The zero-order valence-electron chi connectivity index (χ0n) is 21.0. The molecule has 0 radical (unpaired) electrons. The fourth-order valence-electron chi connectivity index (χ4n) is 6.08. The van der Waals surface area contributed by atoms with Crippen LogP contribution in [0.4, 0.5) is 0 Å². The van der Waals surface area contributed by atoms with Crippen LogP contribution in [0.2, 0.25) is 0 Å². The van der Waals surface area contributed by atoms with E-state index in [1.165, 1.54) is 6.08 Å². The second kappa shape index (κ2) is 10.2. The highest BCUT2D eigenvalue weighted by atomic mass is 16.6. The number of nitrogens with zero attached hydrogens (tertiary/aromatic N) is 2. The predicted octanol–water partition coefficient (Wildman–Crippen LogP) is 2.76. The Morgan fingerprint density at radius 2 is 1.32 bits per heavy atom. The van der Waals surface area contributed by atoms with Gasteiger partial charge in [0.2, 0.25) is 0 Å². The molecule has 0 aliphatic carbocycles. The minimum Gasteiger partial charge on any atom is -0.459 e. The number of hydrogen-bond donors (Lipinski definition) is 0. The van der Waals surface area contributed by atoms with Gasteiger partial charge in [-0.1, -0.05) is 6.08 Å². The number of hydrogen-bond acceptors (Lipinski definition) is 8. The smallest absolute Gasteiger partial charge is 0.334 e. The first kappa shape index (κ1) is 24.9. The quantitative estimate of drug-likeness (QED) is 0.330. The van der Waals surface area contributed by atoms with E-state index < -0.39 is 11.9 Å². The van der Waals surface area contributed by atoms with Crippen LogP contribution < -0.4 is 0 Å². The fraction of sp³-hybridized carbons (Fsp3) is 0.731. The normalized spacial score (nSPS) is 36.3. The van der Waals surface area contributed by atoms with Crippen molar-refractivity contribution in [2.24, 2.45) is 0 Å². The predicted molar refractivity (Wildman–Crippen MR) is 126 cm³/mol. The van der Waals surface area contributed by atoms with E-state index in [9.17, 15) is 14.4 Å². The van der Waals surface area contributed by atoms with Crippen LogP contribution in [0.5, 0.6) is 0 Å². The van der Waals surface area contributed by atoms with Gasteiger partial charge < -0.3 is 19.1 Å². The number of esters is 3. The molecule has 0 spiro atoms. The lowest BCUT2D eigenvalue weighted by molar-refractivity contribution is -0.151. The molecular formula is C26H38N2O6. The minimum atomic E-state index is -0.523. The van der Waals surface area contributed by atoms with E-state index in [1.807, 2.05) is 14.0 Å². The van der Waals surface area contributed by atoms with Crippen molar-refractivity contribution in [1.82, 2.24) is 9.80 Å². The van der Waals surface area contributed by atoms with E-state index in [1.54, 1.807) is 19.9 Å². The maximum atomic E-state index is 12.6. The van der Waals surface area contributed by atoms with Gasteiger partial charge in [-0.2, -0.15) is 0 Å². The summed E-state index contributed by atoms with van der Waals surface area (Å²) in [4.78, 5) is 42.0. The van der Waals surface area contributed by atoms with Crippen LogP contribution >= 0.6 is 0 Å². The van der Waals surface area contributed by atoms with Gasteiger partial charge in [-0.25, -0.2) is 14.4 Å². The summed E-state index contributed by atoms with van der Waals surface area (Å²) in [5.41, 5.74) is 0.855. The molecule has 0 aromatic carbocycles. The average Bonchev–Trinajstić information content (AvgIpc) is 3.09. The highest BCUT2D eigenvalue weighted by Crippen LogP contribution is 2.38. The molecule has 4 aliphatic rings. The van der Waals surface area contributed by atoms with Crippen molar-refractivity contribution in [3.8, 4) is 0 Å². The molecule has 8 nitrogen and oxygen atoms in total. The molecule has 4 heterocycles. The maximum absolute atomic E-state index is 12.6. The Morgan fingerprint density at radius 1 is 0.735 bits per heavy atom. The Labute approximate surface area is 202 Å².